The van der Waals surface area contributed by atoms with Crippen LogP contribution in [-0.4, -0.2) is 35.6 Å². The van der Waals surface area contributed by atoms with E-state index in [1.165, 1.54) is 24.0 Å². The van der Waals surface area contributed by atoms with Crippen LogP contribution in [0, 0.1) is 19.8 Å². The summed E-state index contributed by atoms with van der Waals surface area (Å²) in [6.07, 6.45) is 5.17. The van der Waals surface area contributed by atoms with E-state index in [4.69, 9.17) is 12.2 Å². The van der Waals surface area contributed by atoms with Gasteiger partial charge in [0.1, 0.15) is 0 Å². The Labute approximate surface area is 157 Å². The monoisotopic (exact) mass is 361 g/mol. The maximum absolute atomic E-state index is 12.2. The quantitative estimate of drug-likeness (QED) is 0.593. The van der Waals surface area contributed by atoms with Crippen molar-refractivity contribution in [3.63, 3.8) is 0 Å². The third kappa shape index (κ3) is 6.31. The molecule has 1 amide bonds. The first kappa shape index (κ1) is 19.7. The number of amides is 1. The van der Waals surface area contributed by atoms with E-state index in [0.717, 1.165) is 49.7 Å². The van der Waals surface area contributed by atoms with Gasteiger partial charge in [0.25, 0.3) is 0 Å². The molecule has 1 aromatic rings. The first-order valence-corrected chi connectivity index (χ1v) is 9.82. The Balaban J connectivity index is 1.77. The van der Waals surface area contributed by atoms with E-state index < -0.39 is 0 Å². The van der Waals surface area contributed by atoms with Crippen LogP contribution < -0.4 is 10.6 Å². The maximum Gasteiger partial charge on any atom is 0.223 e. The van der Waals surface area contributed by atoms with Gasteiger partial charge in [-0.15, -0.1) is 0 Å². The molecule has 0 aromatic heterocycles. The number of hydrogen-bond acceptors (Lipinski definition) is 2. The molecule has 0 saturated carbocycles. The van der Waals surface area contributed by atoms with Gasteiger partial charge in [-0.25, -0.2) is 0 Å². The molecule has 0 unspecified atom stereocenters. The van der Waals surface area contributed by atoms with E-state index in [1.54, 1.807) is 0 Å². The van der Waals surface area contributed by atoms with Gasteiger partial charge in [0.15, 0.2) is 5.11 Å². The zero-order valence-corrected chi connectivity index (χ0v) is 16.5. The Morgan fingerprint density at radius 2 is 1.80 bits per heavy atom. The van der Waals surface area contributed by atoms with Crippen LogP contribution in [0.4, 0.5) is 5.69 Å². The summed E-state index contributed by atoms with van der Waals surface area (Å²) >= 11 is 5.56. The third-order valence-corrected chi connectivity index (χ3v) is 5.07. The first-order chi connectivity index (χ1) is 12.0. The van der Waals surface area contributed by atoms with Crippen molar-refractivity contribution in [2.75, 3.05) is 25.0 Å². The fourth-order valence-electron chi connectivity index (χ4n) is 3.33. The number of piperidine rings is 1. The van der Waals surface area contributed by atoms with Gasteiger partial charge in [-0.2, -0.15) is 0 Å². The molecule has 5 heteroatoms. The van der Waals surface area contributed by atoms with Crippen molar-refractivity contribution >= 4 is 28.9 Å². The Morgan fingerprint density at radius 1 is 1.16 bits per heavy atom. The second-order valence-electron chi connectivity index (χ2n) is 7.07. The van der Waals surface area contributed by atoms with Gasteiger partial charge in [0.2, 0.25) is 5.91 Å². The van der Waals surface area contributed by atoms with Crippen LogP contribution in [0.25, 0.3) is 0 Å². The number of unbranched alkanes of at least 4 members (excludes halogenated alkanes) is 2. The van der Waals surface area contributed by atoms with E-state index in [1.807, 2.05) is 0 Å². The fraction of sp³-hybridized carbons (Fsp3) is 0.600. The fourth-order valence-corrected chi connectivity index (χ4v) is 3.63. The largest absolute Gasteiger partial charge is 0.356 e. The van der Waals surface area contributed by atoms with E-state index >= 15 is 0 Å². The molecule has 1 saturated heterocycles. The van der Waals surface area contributed by atoms with Crippen LogP contribution in [0.15, 0.2) is 18.2 Å². The van der Waals surface area contributed by atoms with Crippen LogP contribution in [0.2, 0.25) is 0 Å². The van der Waals surface area contributed by atoms with Gasteiger partial charge in [-0.3, -0.25) is 4.79 Å². The summed E-state index contributed by atoms with van der Waals surface area (Å²) in [6.45, 7) is 8.83. The van der Waals surface area contributed by atoms with Gasteiger partial charge in [-0.05, 0) is 68.6 Å². The molecule has 1 aromatic carbocycles. The van der Waals surface area contributed by atoms with Crippen molar-refractivity contribution < 1.29 is 4.79 Å². The minimum absolute atomic E-state index is 0.127. The van der Waals surface area contributed by atoms with E-state index in [2.05, 4.69) is 54.5 Å². The molecule has 1 aliphatic heterocycles. The van der Waals surface area contributed by atoms with Gasteiger partial charge >= 0.3 is 0 Å². The van der Waals surface area contributed by atoms with Crippen LogP contribution in [0.5, 0.6) is 0 Å². The molecule has 1 fully saturated rings. The van der Waals surface area contributed by atoms with Crippen molar-refractivity contribution in [2.45, 2.75) is 52.9 Å². The topological polar surface area (TPSA) is 44.4 Å². The third-order valence-electron chi connectivity index (χ3n) is 4.71. The van der Waals surface area contributed by atoms with Gasteiger partial charge in [0.05, 0.1) is 0 Å². The summed E-state index contributed by atoms with van der Waals surface area (Å²) in [4.78, 5) is 14.4. The molecular weight excluding hydrogens is 330 g/mol. The smallest absolute Gasteiger partial charge is 0.223 e. The molecule has 0 radical (unpaired) electrons. The molecule has 0 aliphatic carbocycles. The standard InChI is InChI=1S/C20H31N3OS/c1-4-5-6-9-21-19(24)17-7-10-23(11-8-17)20(25)22-18-13-15(2)12-16(3)14-18/h12-14,17H,4-11H2,1-3H3,(H,21,24)(H,22,25). The first-order valence-electron chi connectivity index (χ1n) is 9.41. The lowest BCUT2D eigenvalue weighted by molar-refractivity contribution is -0.126. The summed E-state index contributed by atoms with van der Waals surface area (Å²) in [5.74, 6) is 0.339. The Morgan fingerprint density at radius 3 is 2.40 bits per heavy atom. The number of rotatable bonds is 6. The maximum atomic E-state index is 12.2. The number of benzene rings is 1. The van der Waals surface area contributed by atoms with E-state index in [0.29, 0.717) is 0 Å². The minimum Gasteiger partial charge on any atom is -0.356 e. The number of aryl methyl sites for hydroxylation is 2. The highest BCUT2D eigenvalue weighted by molar-refractivity contribution is 7.80. The lowest BCUT2D eigenvalue weighted by Crippen LogP contribution is -2.44. The zero-order chi connectivity index (χ0) is 18.2. The number of thiocarbonyl (C=S) groups is 1. The second-order valence-corrected chi connectivity index (χ2v) is 7.45. The predicted octanol–water partition coefficient (Wildman–Crippen LogP) is 4.02. The summed E-state index contributed by atoms with van der Waals surface area (Å²) in [5, 5.41) is 7.18. The number of nitrogens with zero attached hydrogens (tertiary/aromatic N) is 1. The average molecular weight is 362 g/mol. The number of likely N-dealkylation sites (tertiary alicyclic amines) is 1. The van der Waals surface area contributed by atoms with Crippen molar-refractivity contribution in [3.05, 3.63) is 29.3 Å². The molecule has 0 spiro atoms. The molecular formula is C20H31N3OS. The predicted molar refractivity (Wildman–Crippen MR) is 109 cm³/mol. The van der Waals surface area contributed by atoms with Crippen LogP contribution >= 0.6 is 12.2 Å². The second kappa shape index (κ2) is 9.76. The number of hydrogen-bond donors (Lipinski definition) is 2. The van der Waals surface area contributed by atoms with Gasteiger partial charge < -0.3 is 15.5 Å². The lowest BCUT2D eigenvalue weighted by atomic mass is 9.96. The Kier molecular flexibility index (Phi) is 7.69. The van der Waals surface area contributed by atoms with Crippen molar-refractivity contribution in [1.29, 1.82) is 0 Å². The molecule has 1 aliphatic rings. The molecule has 138 valence electrons. The van der Waals surface area contributed by atoms with Crippen molar-refractivity contribution in [2.24, 2.45) is 5.92 Å². The SMILES string of the molecule is CCCCCNC(=O)C1CCN(C(=S)Nc2cc(C)cc(C)c2)CC1. The molecule has 2 N–H and O–H groups in total. The number of carbonyl (C=O) groups is 1. The van der Waals surface area contributed by atoms with Crippen LogP contribution in [0.1, 0.15) is 50.2 Å². The molecule has 4 nitrogen and oxygen atoms in total. The highest BCUT2D eigenvalue weighted by Crippen LogP contribution is 2.20. The lowest BCUT2D eigenvalue weighted by Gasteiger charge is -2.33. The Bertz CT molecular complexity index is 574. The molecule has 0 atom stereocenters. The normalized spacial score (nSPS) is 15.1. The number of nitrogens with one attached hydrogen (secondary N) is 2. The summed E-state index contributed by atoms with van der Waals surface area (Å²) < 4.78 is 0. The highest BCUT2D eigenvalue weighted by Gasteiger charge is 2.25. The summed E-state index contributed by atoms with van der Waals surface area (Å²) in [7, 11) is 0. The molecule has 2 rings (SSSR count). The Hall–Kier alpha value is -1.62. The van der Waals surface area contributed by atoms with Gasteiger partial charge in [-0.1, -0.05) is 25.8 Å². The highest BCUT2D eigenvalue weighted by atomic mass is 32.1. The van der Waals surface area contributed by atoms with Gasteiger partial charge in [0, 0.05) is 31.2 Å². The average Bonchev–Trinajstić information content (AvgIpc) is 2.57. The van der Waals surface area contributed by atoms with Crippen molar-refractivity contribution in [3.8, 4) is 0 Å². The van der Waals surface area contributed by atoms with E-state index in [-0.39, 0.29) is 11.8 Å². The molecule has 0 bridgehead atoms. The number of anilines is 1. The zero-order valence-electron chi connectivity index (χ0n) is 15.7. The van der Waals surface area contributed by atoms with Crippen LogP contribution in [-0.2, 0) is 4.79 Å². The van der Waals surface area contributed by atoms with Crippen LogP contribution in [0.3, 0.4) is 0 Å². The molecule has 25 heavy (non-hydrogen) atoms. The van der Waals surface area contributed by atoms with Crippen molar-refractivity contribution in [1.82, 2.24) is 10.2 Å². The summed E-state index contributed by atoms with van der Waals surface area (Å²) in [5.41, 5.74) is 3.49. The van der Waals surface area contributed by atoms with E-state index in [9.17, 15) is 4.79 Å². The summed E-state index contributed by atoms with van der Waals surface area (Å²) in [6, 6.07) is 6.37. The minimum atomic E-state index is 0.127. The number of carbonyl (C=O) groups excluding carboxylic acids is 1. The molecule has 1 heterocycles.